The number of fused-ring (bicyclic) bond motifs is 1. The summed E-state index contributed by atoms with van der Waals surface area (Å²) in [6.07, 6.45) is 0. The van der Waals surface area contributed by atoms with Crippen molar-refractivity contribution in [2.75, 3.05) is 0 Å². The number of thiocarbonyl (C=S) groups is 1. The lowest BCUT2D eigenvalue weighted by Crippen LogP contribution is -2.41. The molecule has 5 heteroatoms. The molecule has 2 aromatic rings. The van der Waals surface area contributed by atoms with E-state index in [0.717, 1.165) is 16.1 Å². The third kappa shape index (κ3) is 3.02. The Kier molecular flexibility index (Phi) is 4.48. The van der Waals surface area contributed by atoms with Crippen molar-refractivity contribution in [1.29, 1.82) is 0 Å². The molecule has 0 spiro atoms. The van der Waals surface area contributed by atoms with Crippen molar-refractivity contribution < 1.29 is 5.21 Å². The van der Waals surface area contributed by atoms with Crippen molar-refractivity contribution in [3.8, 4) is 0 Å². The van der Waals surface area contributed by atoms with E-state index in [4.69, 9.17) is 23.8 Å². The average molecular weight is 345 g/mol. The summed E-state index contributed by atoms with van der Waals surface area (Å²) in [6, 6.07) is 14.8. The summed E-state index contributed by atoms with van der Waals surface area (Å²) in [7, 11) is 0. The van der Waals surface area contributed by atoms with Crippen LogP contribution in [0.15, 0.2) is 53.5 Å². The lowest BCUT2D eigenvalue weighted by molar-refractivity contribution is -0.0566. The Morgan fingerprint density at radius 2 is 1.87 bits per heavy atom. The van der Waals surface area contributed by atoms with Gasteiger partial charge in [0.1, 0.15) is 11.0 Å². The first kappa shape index (κ1) is 16.1. The maximum atomic E-state index is 10.9. The van der Waals surface area contributed by atoms with E-state index in [2.05, 4.69) is 4.99 Å². The SMILES string of the molecule is CC(C)C1C(=S)N=c2ccc(Cl)cc2=C(c2ccccc2)N1O. The van der Waals surface area contributed by atoms with Crippen LogP contribution in [0.4, 0.5) is 0 Å². The minimum Gasteiger partial charge on any atom is -0.288 e. The lowest BCUT2D eigenvalue weighted by Gasteiger charge is -2.30. The lowest BCUT2D eigenvalue weighted by atomic mass is 10.0. The number of hydroxylamine groups is 2. The Balaban J connectivity index is 2.41. The van der Waals surface area contributed by atoms with E-state index < -0.39 is 0 Å². The van der Waals surface area contributed by atoms with E-state index >= 15 is 0 Å². The van der Waals surface area contributed by atoms with E-state index in [1.807, 2.05) is 56.3 Å². The maximum Gasteiger partial charge on any atom is 0.129 e. The van der Waals surface area contributed by atoms with Crippen LogP contribution in [0.3, 0.4) is 0 Å². The molecule has 0 fully saturated rings. The largest absolute Gasteiger partial charge is 0.288 e. The Hall–Kier alpha value is -1.75. The second kappa shape index (κ2) is 6.40. The second-order valence-corrected chi connectivity index (χ2v) is 6.71. The summed E-state index contributed by atoms with van der Waals surface area (Å²) in [6.45, 7) is 4.03. The second-order valence-electron chi connectivity index (χ2n) is 5.86. The molecular weight excluding hydrogens is 328 g/mol. The zero-order valence-electron chi connectivity index (χ0n) is 12.9. The molecule has 0 bridgehead atoms. The average Bonchev–Trinajstić information content (AvgIpc) is 2.61. The van der Waals surface area contributed by atoms with Crippen LogP contribution < -0.4 is 10.6 Å². The topological polar surface area (TPSA) is 35.8 Å². The number of rotatable bonds is 2. The number of nitrogens with zero attached hydrogens (tertiary/aromatic N) is 2. The van der Waals surface area contributed by atoms with Crippen molar-refractivity contribution in [3.05, 3.63) is 69.7 Å². The Morgan fingerprint density at radius 3 is 2.52 bits per heavy atom. The van der Waals surface area contributed by atoms with Gasteiger partial charge in [-0.25, -0.2) is 10.1 Å². The van der Waals surface area contributed by atoms with Crippen LogP contribution in [0.1, 0.15) is 19.4 Å². The molecule has 0 aliphatic carbocycles. The molecule has 1 unspecified atom stereocenters. The predicted octanol–water partition coefficient (Wildman–Crippen LogP) is 3.17. The van der Waals surface area contributed by atoms with Crippen molar-refractivity contribution in [1.82, 2.24) is 5.06 Å². The summed E-state index contributed by atoms with van der Waals surface area (Å²) in [5.74, 6) is 0.111. The van der Waals surface area contributed by atoms with Crippen LogP contribution in [-0.2, 0) is 0 Å². The fraction of sp³-hybridized carbons (Fsp3) is 0.222. The number of halogens is 1. The smallest absolute Gasteiger partial charge is 0.129 e. The highest BCUT2D eigenvalue weighted by Crippen LogP contribution is 2.23. The van der Waals surface area contributed by atoms with Gasteiger partial charge in [-0.2, -0.15) is 0 Å². The molecule has 3 nitrogen and oxygen atoms in total. The van der Waals surface area contributed by atoms with Crippen LogP contribution in [0.2, 0.25) is 5.02 Å². The van der Waals surface area contributed by atoms with Gasteiger partial charge in [0.2, 0.25) is 0 Å². The highest BCUT2D eigenvalue weighted by Gasteiger charge is 2.29. The molecule has 0 saturated heterocycles. The molecule has 0 amide bonds. The van der Waals surface area contributed by atoms with Gasteiger partial charge in [-0.3, -0.25) is 5.21 Å². The molecule has 0 saturated carbocycles. The van der Waals surface area contributed by atoms with Crippen LogP contribution in [0.5, 0.6) is 0 Å². The Morgan fingerprint density at radius 1 is 1.17 bits per heavy atom. The van der Waals surface area contributed by atoms with Gasteiger partial charge in [-0.15, -0.1) is 0 Å². The molecule has 23 heavy (non-hydrogen) atoms. The first-order chi connectivity index (χ1) is 11.0. The summed E-state index contributed by atoms with van der Waals surface area (Å²) < 4.78 is 0. The van der Waals surface area contributed by atoms with Crippen LogP contribution in [-0.4, -0.2) is 21.3 Å². The molecule has 2 aromatic carbocycles. The van der Waals surface area contributed by atoms with Crippen molar-refractivity contribution >= 4 is 34.5 Å². The molecule has 1 heterocycles. The third-order valence-electron chi connectivity index (χ3n) is 3.87. The molecule has 1 atom stereocenters. The van der Waals surface area contributed by atoms with Crippen LogP contribution in [0, 0.1) is 5.92 Å². The first-order valence-corrected chi connectivity index (χ1v) is 8.23. The van der Waals surface area contributed by atoms with Crippen molar-refractivity contribution in [2.45, 2.75) is 19.9 Å². The quantitative estimate of drug-likeness (QED) is 0.850. The third-order valence-corrected chi connectivity index (χ3v) is 4.44. The number of hydrogen-bond acceptors (Lipinski definition) is 3. The van der Waals surface area contributed by atoms with Gasteiger partial charge in [-0.1, -0.05) is 68.0 Å². The predicted molar refractivity (Wildman–Crippen MR) is 96.0 cm³/mol. The monoisotopic (exact) mass is 344 g/mol. The number of hydrogen-bond donors (Lipinski definition) is 1. The van der Waals surface area contributed by atoms with Gasteiger partial charge < -0.3 is 0 Å². The fourth-order valence-electron chi connectivity index (χ4n) is 2.80. The van der Waals surface area contributed by atoms with Gasteiger partial charge in [0.15, 0.2) is 0 Å². The van der Waals surface area contributed by atoms with E-state index in [0.29, 0.717) is 15.7 Å². The summed E-state index contributed by atoms with van der Waals surface area (Å²) in [5.41, 5.74) is 1.56. The van der Waals surface area contributed by atoms with Crippen molar-refractivity contribution in [3.63, 3.8) is 0 Å². The van der Waals surface area contributed by atoms with Crippen LogP contribution >= 0.6 is 23.8 Å². The van der Waals surface area contributed by atoms with E-state index in [-0.39, 0.29) is 12.0 Å². The van der Waals surface area contributed by atoms with E-state index in [9.17, 15) is 5.21 Å². The van der Waals surface area contributed by atoms with Gasteiger partial charge in [0.25, 0.3) is 0 Å². The molecule has 118 valence electrons. The van der Waals surface area contributed by atoms with E-state index in [1.54, 1.807) is 6.07 Å². The number of benzene rings is 2. The summed E-state index contributed by atoms with van der Waals surface area (Å²) in [5, 5.41) is 14.3. The van der Waals surface area contributed by atoms with Gasteiger partial charge in [0.05, 0.1) is 11.1 Å². The normalized spacial score (nSPS) is 17.8. The van der Waals surface area contributed by atoms with Gasteiger partial charge in [-0.05, 0) is 24.1 Å². The van der Waals surface area contributed by atoms with Gasteiger partial charge >= 0.3 is 0 Å². The maximum absolute atomic E-state index is 10.9. The fourth-order valence-corrected chi connectivity index (χ4v) is 3.44. The summed E-state index contributed by atoms with van der Waals surface area (Å²) >= 11 is 11.6. The Labute approximate surface area is 145 Å². The minimum absolute atomic E-state index is 0.111. The van der Waals surface area contributed by atoms with Crippen molar-refractivity contribution in [2.24, 2.45) is 10.9 Å². The molecule has 0 aromatic heterocycles. The highest BCUT2D eigenvalue weighted by molar-refractivity contribution is 7.80. The molecule has 1 aliphatic heterocycles. The van der Waals surface area contributed by atoms with E-state index in [1.165, 1.54) is 5.06 Å². The molecule has 1 N–H and O–H groups in total. The molecule has 1 aliphatic rings. The standard InChI is InChI=1S/C18H17ClN2OS/c1-11(2)16-18(23)20-15-9-8-13(19)10-14(15)17(21(16)22)12-6-4-3-5-7-12/h3-11,16,22H,1-2H3. The molecule has 0 radical (unpaired) electrons. The van der Waals surface area contributed by atoms with Crippen LogP contribution in [0.25, 0.3) is 5.70 Å². The van der Waals surface area contributed by atoms with Gasteiger partial charge in [0, 0.05) is 15.8 Å². The zero-order valence-corrected chi connectivity index (χ0v) is 14.5. The first-order valence-electron chi connectivity index (χ1n) is 7.45. The highest BCUT2D eigenvalue weighted by atomic mass is 35.5. The minimum atomic E-state index is -0.369. The zero-order chi connectivity index (χ0) is 16.6. The molecular formula is C18H17ClN2OS. The molecule has 3 rings (SSSR count). The Bertz CT molecular complexity index is 864. The summed E-state index contributed by atoms with van der Waals surface area (Å²) in [4.78, 5) is 5.03.